The molecule has 16 heavy (non-hydrogen) atoms. The van der Waals surface area contributed by atoms with E-state index in [1.54, 1.807) is 12.1 Å². The fourth-order valence-corrected chi connectivity index (χ4v) is 2.14. The monoisotopic (exact) mass is 257 g/mol. The van der Waals surface area contributed by atoms with Crippen molar-refractivity contribution in [1.29, 1.82) is 5.26 Å². The summed E-state index contributed by atoms with van der Waals surface area (Å²) >= 11 is 0. The smallest absolute Gasteiger partial charge is 0.207 e. The van der Waals surface area contributed by atoms with Gasteiger partial charge in [0.2, 0.25) is 0 Å². The van der Waals surface area contributed by atoms with Gasteiger partial charge >= 0.3 is 0 Å². The van der Waals surface area contributed by atoms with Crippen LogP contribution in [-0.2, 0) is 14.5 Å². The van der Waals surface area contributed by atoms with Gasteiger partial charge < -0.3 is 0 Å². The molecular formula is C11H12ClNO2S. The quantitative estimate of drug-likeness (QED) is 0.783. The zero-order chi connectivity index (χ0) is 12.4. The Bertz CT molecular complexity index is 512. The minimum Gasteiger partial charge on any atom is -0.207 e. The van der Waals surface area contributed by atoms with Crippen LogP contribution >= 0.6 is 10.7 Å². The fourth-order valence-electron chi connectivity index (χ4n) is 1.37. The highest BCUT2D eigenvalue weighted by atomic mass is 35.7. The summed E-state index contributed by atoms with van der Waals surface area (Å²) < 4.78 is 22.1. The van der Waals surface area contributed by atoms with Gasteiger partial charge in [0.05, 0.1) is 11.0 Å². The molecule has 0 amide bonds. The van der Waals surface area contributed by atoms with E-state index >= 15 is 0 Å². The lowest BCUT2D eigenvalue weighted by molar-refractivity contribution is 0.539. The van der Waals surface area contributed by atoms with Gasteiger partial charge in [-0.1, -0.05) is 26.0 Å². The van der Waals surface area contributed by atoms with Crippen molar-refractivity contribution in [1.82, 2.24) is 0 Å². The molecule has 0 aliphatic heterocycles. The Kier molecular flexibility index (Phi) is 3.61. The van der Waals surface area contributed by atoms with E-state index in [0.29, 0.717) is 6.42 Å². The number of benzene rings is 1. The van der Waals surface area contributed by atoms with Gasteiger partial charge in [0.25, 0.3) is 9.05 Å². The Morgan fingerprint density at radius 3 is 2.19 bits per heavy atom. The van der Waals surface area contributed by atoms with Gasteiger partial charge in [0, 0.05) is 22.5 Å². The van der Waals surface area contributed by atoms with Gasteiger partial charge in [-0.25, -0.2) is 8.42 Å². The molecule has 0 fully saturated rings. The minimum absolute atomic E-state index is 0.0747. The summed E-state index contributed by atoms with van der Waals surface area (Å²) in [6, 6.07) is 8.39. The van der Waals surface area contributed by atoms with Gasteiger partial charge in [0.1, 0.15) is 0 Å². The van der Waals surface area contributed by atoms with Crippen LogP contribution in [0.3, 0.4) is 0 Å². The van der Waals surface area contributed by atoms with Crippen molar-refractivity contribution in [3.63, 3.8) is 0 Å². The van der Waals surface area contributed by atoms with Crippen LogP contribution in [0, 0.1) is 11.3 Å². The summed E-state index contributed by atoms with van der Waals surface area (Å²) in [6.45, 7) is 3.86. The minimum atomic E-state index is -3.67. The van der Waals surface area contributed by atoms with Crippen LogP contribution < -0.4 is 0 Å². The number of rotatable bonds is 3. The Balaban J connectivity index is 3.10. The van der Waals surface area contributed by atoms with E-state index in [4.69, 9.17) is 15.9 Å². The summed E-state index contributed by atoms with van der Waals surface area (Å²) in [5.41, 5.74) is 0.627. The number of nitrogens with zero attached hydrogens (tertiary/aromatic N) is 1. The Hall–Kier alpha value is -1.05. The summed E-state index contributed by atoms with van der Waals surface area (Å²) in [4.78, 5) is 0.0747. The van der Waals surface area contributed by atoms with Gasteiger partial charge in [0.15, 0.2) is 0 Å². The Morgan fingerprint density at radius 2 is 1.81 bits per heavy atom. The standard InChI is InChI=1S/C11H12ClNO2S/c1-11(2,7-8-13)9-3-5-10(6-4-9)16(12,14)15/h3-6H,7H2,1-2H3. The van der Waals surface area contributed by atoms with E-state index in [1.807, 2.05) is 13.8 Å². The van der Waals surface area contributed by atoms with Gasteiger partial charge in [-0.2, -0.15) is 5.26 Å². The maximum absolute atomic E-state index is 11.0. The van der Waals surface area contributed by atoms with Crippen molar-refractivity contribution >= 4 is 19.7 Å². The molecule has 0 saturated heterocycles. The molecule has 1 aromatic carbocycles. The molecule has 86 valence electrons. The molecule has 0 bridgehead atoms. The van der Waals surface area contributed by atoms with Crippen molar-refractivity contribution in [2.24, 2.45) is 0 Å². The molecular weight excluding hydrogens is 246 g/mol. The maximum Gasteiger partial charge on any atom is 0.261 e. The van der Waals surface area contributed by atoms with Crippen molar-refractivity contribution in [2.45, 2.75) is 30.6 Å². The zero-order valence-corrected chi connectivity index (χ0v) is 10.6. The molecule has 0 aliphatic rings. The molecule has 3 nitrogen and oxygen atoms in total. The molecule has 0 atom stereocenters. The third-order valence-corrected chi connectivity index (χ3v) is 3.81. The second kappa shape index (κ2) is 4.44. The average Bonchev–Trinajstić information content (AvgIpc) is 2.16. The maximum atomic E-state index is 11.0. The number of nitriles is 1. The van der Waals surface area contributed by atoms with Crippen molar-refractivity contribution in [2.75, 3.05) is 0 Å². The lowest BCUT2D eigenvalue weighted by Gasteiger charge is -2.21. The first-order valence-corrected chi connectivity index (χ1v) is 7.00. The van der Waals surface area contributed by atoms with Crippen molar-refractivity contribution in [3.05, 3.63) is 29.8 Å². The van der Waals surface area contributed by atoms with E-state index in [2.05, 4.69) is 6.07 Å². The third kappa shape index (κ3) is 2.97. The zero-order valence-electron chi connectivity index (χ0n) is 9.07. The van der Waals surface area contributed by atoms with Crippen LogP contribution in [0.1, 0.15) is 25.8 Å². The van der Waals surface area contributed by atoms with Gasteiger partial charge in [-0.3, -0.25) is 0 Å². The molecule has 0 N–H and O–H groups in total. The van der Waals surface area contributed by atoms with E-state index in [9.17, 15) is 8.42 Å². The lowest BCUT2D eigenvalue weighted by atomic mass is 9.82. The van der Waals surface area contributed by atoms with Crippen LogP contribution in [0.15, 0.2) is 29.2 Å². The van der Waals surface area contributed by atoms with E-state index in [1.165, 1.54) is 12.1 Å². The SMILES string of the molecule is CC(C)(CC#N)c1ccc(S(=O)(=O)Cl)cc1. The number of hydrogen-bond donors (Lipinski definition) is 0. The van der Waals surface area contributed by atoms with Crippen LogP contribution in [-0.4, -0.2) is 8.42 Å². The highest BCUT2D eigenvalue weighted by Gasteiger charge is 2.20. The summed E-state index contributed by atoms with van der Waals surface area (Å²) in [6.07, 6.45) is 0.375. The normalized spacial score (nSPS) is 12.1. The van der Waals surface area contributed by atoms with Crippen LogP contribution in [0.5, 0.6) is 0 Å². The number of hydrogen-bond acceptors (Lipinski definition) is 3. The summed E-state index contributed by atoms with van der Waals surface area (Å²) in [7, 11) is 1.54. The molecule has 0 unspecified atom stereocenters. The van der Waals surface area contributed by atoms with Crippen molar-refractivity contribution < 1.29 is 8.42 Å². The molecule has 1 rings (SSSR count). The molecule has 0 radical (unpaired) electrons. The average molecular weight is 258 g/mol. The Labute approximate surface area is 100 Å². The van der Waals surface area contributed by atoms with E-state index in [0.717, 1.165) is 5.56 Å². The molecule has 1 aromatic rings. The highest BCUT2D eigenvalue weighted by molar-refractivity contribution is 8.13. The molecule has 0 aliphatic carbocycles. The topological polar surface area (TPSA) is 57.9 Å². The van der Waals surface area contributed by atoms with Crippen molar-refractivity contribution in [3.8, 4) is 6.07 Å². The molecule has 0 saturated carbocycles. The molecule has 5 heteroatoms. The van der Waals surface area contributed by atoms with E-state index in [-0.39, 0.29) is 10.3 Å². The second-order valence-corrected chi connectivity index (χ2v) is 6.75. The first-order chi connectivity index (χ1) is 7.27. The van der Waals surface area contributed by atoms with Gasteiger partial charge in [-0.05, 0) is 17.7 Å². The number of halogens is 1. The predicted octanol–water partition coefficient (Wildman–Crippen LogP) is 2.81. The molecule has 0 aromatic heterocycles. The lowest BCUT2D eigenvalue weighted by Crippen LogP contribution is -2.16. The summed E-state index contributed by atoms with van der Waals surface area (Å²) in [5, 5.41) is 8.68. The predicted molar refractivity (Wildman–Crippen MR) is 62.7 cm³/mol. The fraction of sp³-hybridized carbons (Fsp3) is 0.364. The van der Waals surface area contributed by atoms with E-state index < -0.39 is 9.05 Å². The van der Waals surface area contributed by atoms with Crippen LogP contribution in [0.2, 0.25) is 0 Å². The third-order valence-electron chi connectivity index (χ3n) is 2.44. The first-order valence-electron chi connectivity index (χ1n) is 4.69. The first kappa shape index (κ1) is 13.0. The van der Waals surface area contributed by atoms with Gasteiger partial charge in [-0.15, -0.1) is 0 Å². The second-order valence-electron chi connectivity index (χ2n) is 4.18. The summed E-state index contributed by atoms with van der Waals surface area (Å²) in [5.74, 6) is 0. The van der Waals surface area contributed by atoms with Crippen LogP contribution in [0.25, 0.3) is 0 Å². The largest absolute Gasteiger partial charge is 0.261 e. The van der Waals surface area contributed by atoms with Crippen LogP contribution in [0.4, 0.5) is 0 Å². The highest BCUT2D eigenvalue weighted by Crippen LogP contribution is 2.27. The Morgan fingerprint density at radius 1 is 1.31 bits per heavy atom. The molecule has 0 spiro atoms. The molecule has 0 heterocycles.